The molecule has 1 heterocycles. The summed E-state index contributed by atoms with van der Waals surface area (Å²) in [4.78, 5) is 7.98. The van der Waals surface area contributed by atoms with Crippen LogP contribution in [0.2, 0.25) is 0 Å². The molecule has 0 saturated heterocycles. The summed E-state index contributed by atoms with van der Waals surface area (Å²) in [5.41, 5.74) is 0. The summed E-state index contributed by atoms with van der Waals surface area (Å²) in [6, 6.07) is 0. The van der Waals surface area contributed by atoms with E-state index in [1.807, 2.05) is 6.92 Å². The van der Waals surface area contributed by atoms with Gasteiger partial charge >= 0.3 is 0 Å². The highest BCUT2D eigenvalue weighted by atomic mass is 79.9. The molecule has 10 heavy (non-hydrogen) atoms. The summed E-state index contributed by atoms with van der Waals surface area (Å²) < 4.78 is 0.869. The second kappa shape index (κ2) is 3.30. The Bertz CT molecular complexity index is 209. The minimum atomic E-state index is -0.118. The Balaban J connectivity index is 2.89. The first-order chi connectivity index (χ1) is 4.70. The van der Waals surface area contributed by atoms with Crippen molar-refractivity contribution in [3.05, 3.63) is 22.7 Å². The molecule has 0 amide bonds. The van der Waals surface area contributed by atoms with Crippen molar-refractivity contribution in [2.75, 3.05) is 0 Å². The van der Waals surface area contributed by atoms with Gasteiger partial charge in [-0.2, -0.15) is 0 Å². The molecule has 1 unspecified atom stereocenters. The number of hydrogen-bond donors (Lipinski definition) is 0. The zero-order valence-corrected chi connectivity index (χ0v) is 7.72. The topological polar surface area (TPSA) is 25.8 Å². The molecule has 0 N–H and O–H groups in total. The predicted octanol–water partition coefficient (Wildman–Crippen LogP) is 2.54. The van der Waals surface area contributed by atoms with E-state index in [1.165, 1.54) is 0 Å². The summed E-state index contributed by atoms with van der Waals surface area (Å²) in [6.45, 7) is 1.84. The summed E-state index contributed by atoms with van der Waals surface area (Å²) in [5.74, 6) is 0.657. The van der Waals surface area contributed by atoms with Crippen molar-refractivity contribution in [3.8, 4) is 0 Å². The molecule has 1 aromatic rings. The maximum Gasteiger partial charge on any atom is 0.145 e. The van der Waals surface area contributed by atoms with Crippen LogP contribution in [0.15, 0.2) is 16.9 Å². The molecule has 2 nitrogen and oxygen atoms in total. The third kappa shape index (κ3) is 1.92. The molecule has 0 aromatic carbocycles. The predicted molar refractivity (Wildman–Crippen MR) is 44.0 cm³/mol. The average Bonchev–Trinajstić information content (AvgIpc) is 1.88. The van der Waals surface area contributed by atoms with Crippen LogP contribution < -0.4 is 0 Å². The molecular weight excluding hydrogens is 215 g/mol. The van der Waals surface area contributed by atoms with E-state index in [0.717, 1.165) is 4.47 Å². The van der Waals surface area contributed by atoms with E-state index in [0.29, 0.717) is 5.82 Å². The standard InChI is InChI=1S/C6H6BrClN2/c1-4(8)6-9-2-5(7)3-10-6/h2-4H,1H3. The van der Waals surface area contributed by atoms with Gasteiger partial charge in [-0.05, 0) is 22.9 Å². The lowest BCUT2D eigenvalue weighted by atomic mass is 10.4. The average molecular weight is 221 g/mol. The van der Waals surface area contributed by atoms with Gasteiger partial charge < -0.3 is 0 Å². The molecule has 0 bridgehead atoms. The number of halogens is 2. The van der Waals surface area contributed by atoms with Crippen molar-refractivity contribution in [2.24, 2.45) is 0 Å². The molecule has 1 rings (SSSR count). The fourth-order valence-electron chi connectivity index (χ4n) is 0.528. The van der Waals surface area contributed by atoms with E-state index in [2.05, 4.69) is 25.9 Å². The number of rotatable bonds is 1. The molecule has 0 aliphatic rings. The van der Waals surface area contributed by atoms with Crippen LogP contribution in [0, 0.1) is 0 Å². The van der Waals surface area contributed by atoms with E-state index in [9.17, 15) is 0 Å². The molecular formula is C6H6BrClN2. The van der Waals surface area contributed by atoms with Gasteiger partial charge in [0.1, 0.15) is 5.82 Å². The van der Waals surface area contributed by atoms with Gasteiger partial charge in [-0.3, -0.25) is 0 Å². The maximum atomic E-state index is 5.72. The Morgan fingerprint density at radius 3 is 2.40 bits per heavy atom. The Morgan fingerprint density at radius 1 is 1.50 bits per heavy atom. The van der Waals surface area contributed by atoms with E-state index in [4.69, 9.17) is 11.6 Å². The van der Waals surface area contributed by atoms with Crippen molar-refractivity contribution in [2.45, 2.75) is 12.3 Å². The van der Waals surface area contributed by atoms with Crippen molar-refractivity contribution in [1.29, 1.82) is 0 Å². The smallest absolute Gasteiger partial charge is 0.145 e. The van der Waals surface area contributed by atoms with Crippen molar-refractivity contribution >= 4 is 27.5 Å². The van der Waals surface area contributed by atoms with Crippen LogP contribution in [0.3, 0.4) is 0 Å². The largest absolute Gasteiger partial charge is 0.239 e. The van der Waals surface area contributed by atoms with Crippen molar-refractivity contribution in [3.63, 3.8) is 0 Å². The molecule has 0 fully saturated rings. The third-order valence-electron chi connectivity index (χ3n) is 0.996. The van der Waals surface area contributed by atoms with Crippen LogP contribution in [-0.2, 0) is 0 Å². The second-order valence-electron chi connectivity index (χ2n) is 1.88. The fourth-order valence-corrected chi connectivity index (χ4v) is 0.845. The van der Waals surface area contributed by atoms with E-state index < -0.39 is 0 Å². The van der Waals surface area contributed by atoms with Crippen LogP contribution >= 0.6 is 27.5 Å². The number of nitrogens with zero attached hydrogens (tertiary/aromatic N) is 2. The number of hydrogen-bond acceptors (Lipinski definition) is 2. The van der Waals surface area contributed by atoms with E-state index in [-0.39, 0.29) is 5.38 Å². The molecule has 54 valence electrons. The van der Waals surface area contributed by atoms with Gasteiger partial charge in [0, 0.05) is 12.4 Å². The van der Waals surface area contributed by atoms with Crippen molar-refractivity contribution in [1.82, 2.24) is 9.97 Å². The molecule has 0 aliphatic carbocycles. The van der Waals surface area contributed by atoms with Gasteiger partial charge in [0.2, 0.25) is 0 Å². The molecule has 4 heteroatoms. The lowest BCUT2D eigenvalue weighted by Crippen LogP contribution is -1.92. The van der Waals surface area contributed by atoms with E-state index >= 15 is 0 Å². The fraction of sp³-hybridized carbons (Fsp3) is 0.333. The monoisotopic (exact) mass is 220 g/mol. The summed E-state index contributed by atoms with van der Waals surface area (Å²) in [5, 5.41) is -0.118. The van der Waals surface area contributed by atoms with Gasteiger partial charge in [0.15, 0.2) is 0 Å². The highest BCUT2D eigenvalue weighted by Crippen LogP contribution is 2.15. The zero-order valence-electron chi connectivity index (χ0n) is 5.38. The first-order valence-corrected chi connectivity index (χ1v) is 4.04. The van der Waals surface area contributed by atoms with Crippen LogP contribution in [0.25, 0.3) is 0 Å². The quantitative estimate of drug-likeness (QED) is 0.681. The van der Waals surface area contributed by atoms with Gasteiger partial charge in [-0.1, -0.05) is 0 Å². The Morgan fingerprint density at radius 2 is 2.00 bits per heavy atom. The number of aromatic nitrogens is 2. The first-order valence-electron chi connectivity index (χ1n) is 2.81. The lowest BCUT2D eigenvalue weighted by molar-refractivity contribution is 0.905. The Hall–Kier alpha value is -0.150. The third-order valence-corrected chi connectivity index (χ3v) is 1.60. The summed E-state index contributed by atoms with van der Waals surface area (Å²) in [7, 11) is 0. The minimum absolute atomic E-state index is 0.118. The van der Waals surface area contributed by atoms with Crippen LogP contribution in [-0.4, -0.2) is 9.97 Å². The summed E-state index contributed by atoms with van der Waals surface area (Å²) in [6.07, 6.45) is 3.36. The maximum absolute atomic E-state index is 5.72. The molecule has 0 aliphatic heterocycles. The summed E-state index contributed by atoms with van der Waals surface area (Å²) >= 11 is 8.94. The Kier molecular flexibility index (Phi) is 2.63. The highest BCUT2D eigenvalue weighted by Gasteiger charge is 2.01. The molecule has 0 saturated carbocycles. The zero-order chi connectivity index (χ0) is 7.56. The highest BCUT2D eigenvalue weighted by molar-refractivity contribution is 9.10. The van der Waals surface area contributed by atoms with Crippen LogP contribution in [0.5, 0.6) is 0 Å². The van der Waals surface area contributed by atoms with Gasteiger partial charge in [0.25, 0.3) is 0 Å². The van der Waals surface area contributed by atoms with Crippen LogP contribution in [0.4, 0.5) is 0 Å². The van der Waals surface area contributed by atoms with Gasteiger partial charge in [0.05, 0.1) is 9.85 Å². The Labute approximate surface area is 72.8 Å². The minimum Gasteiger partial charge on any atom is -0.239 e. The molecule has 1 aromatic heterocycles. The number of alkyl halides is 1. The molecule has 1 atom stereocenters. The van der Waals surface area contributed by atoms with Gasteiger partial charge in [-0.15, -0.1) is 11.6 Å². The first kappa shape index (κ1) is 7.95. The molecule has 0 radical (unpaired) electrons. The normalized spacial score (nSPS) is 13.1. The van der Waals surface area contributed by atoms with Crippen molar-refractivity contribution < 1.29 is 0 Å². The SMILES string of the molecule is CC(Cl)c1ncc(Br)cn1. The van der Waals surface area contributed by atoms with E-state index in [1.54, 1.807) is 12.4 Å². The van der Waals surface area contributed by atoms with Crippen LogP contribution in [0.1, 0.15) is 18.1 Å². The van der Waals surface area contributed by atoms with Gasteiger partial charge in [-0.25, -0.2) is 9.97 Å². The second-order valence-corrected chi connectivity index (χ2v) is 3.45. The molecule has 0 spiro atoms. The lowest BCUT2D eigenvalue weighted by Gasteiger charge is -1.98.